The molecule has 6 heteroatoms. The van der Waals surface area contributed by atoms with E-state index in [9.17, 15) is 9.59 Å². The lowest BCUT2D eigenvalue weighted by Gasteiger charge is -2.22. The summed E-state index contributed by atoms with van der Waals surface area (Å²) < 4.78 is 0. The monoisotopic (exact) mass is 297 g/mol. The van der Waals surface area contributed by atoms with Crippen LogP contribution in [0.1, 0.15) is 31.3 Å². The van der Waals surface area contributed by atoms with Crippen LogP contribution >= 0.6 is 11.3 Å². The molecule has 1 unspecified atom stereocenters. The van der Waals surface area contributed by atoms with Crippen molar-refractivity contribution in [3.63, 3.8) is 0 Å². The number of amides is 1. The lowest BCUT2D eigenvalue weighted by Crippen LogP contribution is -2.46. The summed E-state index contributed by atoms with van der Waals surface area (Å²) in [6.07, 6.45) is 0. The lowest BCUT2D eigenvalue weighted by molar-refractivity contribution is -0.128. The number of aromatic nitrogens is 1. The van der Waals surface area contributed by atoms with Crippen LogP contribution in [-0.4, -0.2) is 41.2 Å². The molecule has 0 aromatic carbocycles. The molecule has 1 atom stereocenters. The van der Waals surface area contributed by atoms with Gasteiger partial charge in [-0.05, 0) is 26.8 Å². The Morgan fingerprint density at radius 2 is 2.10 bits per heavy atom. The van der Waals surface area contributed by atoms with Gasteiger partial charge in [0.15, 0.2) is 5.78 Å². The lowest BCUT2D eigenvalue weighted by atomic mass is 10.0. The normalized spacial score (nSPS) is 12.8. The van der Waals surface area contributed by atoms with Gasteiger partial charge in [-0.1, -0.05) is 13.8 Å². The van der Waals surface area contributed by atoms with Gasteiger partial charge in [-0.15, -0.1) is 11.3 Å². The van der Waals surface area contributed by atoms with Gasteiger partial charge < -0.3 is 5.32 Å². The molecule has 1 N–H and O–H groups in total. The van der Waals surface area contributed by atoms with Crippen LogP contribution in [0.4, 0.5) is 0 Å². The summed E-state index contributed by atoms with van der Waals surface area (Å²) in [7, 11) is 1.89. The molecule has 20 heavy (non-hydrogen) atoms. The molecule has 0 radical (unpaired) electrons. The van der Waals surface area contributed by atoms with Crippen molar-refractivity contribution in [3.8, 4) is 0 Å². The molecule has 5 nitrogen and oxygen atoms in total. The Hall–Kier alpha value is -1.27. The second-order valence-corrected chi connectivity index (χ2v) is 6.37. The number of rotatable bonds is 7. The second-order valence-electron chi connectivity index (χ2n) is 5.43. The molecule has 1 amide bonds. The maximum absolute atomic E-state index is 12.0. The van der Waals surface area contributed by atoms with Crippen molar-refractivity contribution < 1.29 is 9.59 Å². The molecular formula is C14H23N3O2S. The average molecular weight is 297 g/mol. The zero-order valence-corrected chi connectivity index (χ0v) is 13.6. The van der Waals surface area contributed by atoms with E-state index >= 15 is 0 Å². The first-order chi connectivity index (χ1) is 9.31. The van der Waals surface area contributed by atoms with E-state index in [0.717, 1.165) is 10.6 Å². The van der Waals surface area contributed by atoms with Crippen LogP contribution in [0.25, 0.3) is 0 Å². The van der Waals surface area contributed by atoms with E-state index in [4.69, 9.17) is 0 Å². The van der Waals surface area contributed by atoms with E-state index in [1.807, 2.05) is 38.2 Å². The molecule has 112 valence electrons. The number of hydrogen-bond acceptors (Lipinski definition) is 5. The molecular weight excluding hydrogens is 274 g/mol. The molecule has 0 spiro atoms. The van der Waals surface area contributed by atoms with Gasteiger partial charge >= 0.3 is 0 Å². The average Bonchev–Trinajstić information content (AvgIpc) is 2.71. The predicted molar refractivity (Wildman–Crippen MR) is 80.6 cm³/mol. The number of carbonyl (C=O) groups excluding carboxylic acids is 2. The smallest absolute Gasteiger partial charge is 0.234 e. The summed E-state index contributed by atoms with van der Waals surface area (Å²) in [5, 5.41) is 2.80. The van der Waals surface area contributed by atoms with Gasteiger partial charge in [0.1, 0.15) is 0 Å². The molecule has 1 aromatic heterocycles. The molecule has 0 bridgehead atoms. The fraction of sp³-hybridized carbons (Fsp3) is 0.643. The number of carbonyl (C=O) groups is 2. The number of ketones is 1. The molecule has 1 aromatic rings. The zero-order chi connectivity index (χ0) is 15.3. The largest absolute Gasteiger partial charge is 0.345 e. The summed E-state index contributed by atoms with van der Waals surface area (Å²) in [5.41, 5.74) is 2.81. The number of Topliss-reactive ketones (excluding diaryl/α,β-unsaturated/α-hetero) is 1. The maximum atomic E-state index is 12.0. The van der Waals surface area contributed by atoms with Crippen LogP contribution in [-0.2, 0) is 16.1 Å². The number of likely N-dealkylation sites (N-methyl/N-ethyl adjacent to an activating group) is 1. The summed E-state index contributed by atoms with van der Waals surface area (Å²) in [4.78, 5) is 30.7. The van der Waals surface area contributed by atoms with Crippen molar-refractivity contribution in [1.29, 1.82) is 0 Å². The van der Waals surface area contributed by atoms with E-state index in [-0.39, 0.29) is 24.2 Å². The van der Waals surface area contributed by atoms with Crippen molar-refractivity contribution in [2.45, 2.75) is 40.3 Å². The number of hydrogen-bond donors (Lipinski definition) is 1. The van der Waals surface area contributed by atoms with Crippen LogP contribution in [0.2, 0.25) is 0 Å². The third kappa shape index (κ3) is 5.02. The first-order valence-corrected chi connectivity index (χ1v) is 7.56. The number of thiazole rings is 1. The molecule has 0 saturated heterocycles. The minimum atomic E-state index is -0.402. The van der Waals surface area contributed by atoms with Gasteiger partial charge in [0.25, 0.3) is 0 Å². The highest BCUT2D eigenvalue weighted by molar-refractivity contribution is 7.09. The van der Waals surface area contributed by atoms with Gasteiger partial charge in [0.05, 0.1) is 23.8 Å². The van der Waals surface area contributed by atoms with Crippen molar-refractivity contribution in [3.05, 3.63) is 16.1 Å². The van der Waals surface area contributed by atoms with E-state index in [1.165, 1.54) is 6.92 Å². The third-order valence-corrected chi connectivity index (χ3v) is 4.01. The highest BCUT2D eigenvalue weighted by Gasteiger charge is 2.21. The van der Waals surface area contributed by atoms with Crippen LogP contribution in [0.5, 0.6) is 0 Å². The quantitative estimate of drug-likeness (QED) is 0.830. The summed E-state index contributed by atoms with van der Waals surface area (Å²) in [5.74, 6) is -0.0247. The van der Waals surface area contributed by atoms with Crippen molar-refractivity contribution in [1.82, 2.24) is 15.2 Å². The summed E-state index contributed by atoms with van der Waals surface area (Å²) in [6, 6.07) is -0.402. The molecule has 0 aliphatic heterocycles. The number of nitrogens with one attached hydrogen (secondary N) is 1. The first kappa shape index (κ1) is 16.8. The number of aryl methyl sites for hydroxylation is 1. The molecule has 0 fully saturated rings. The Kier molecular flexibility index (Phi) is 6.29. The topological polar surface area (TPSA) is 62.3 Å². The standard InChI is InChI=1S/C14H23N3O2S/c1-9(2)14(11(4)18)16-13(19)7-17(5)6-12-10(3)15-8-20-12/h8-9,14H,6-7H2,1-5H3,(H,16,19). The van der Waals surface area contributed by atoms with Crippen LogP contribution in [0.3, 0.4) is 0 Å². The summed E-state index contributed by atoms with van der Waals surface area (Å²) in [6.45, 7) is 8.29. The minimum absolute atomic E-state index is 0.00527. The Bertz CT molecular complexity index is 471. The van der Waals surface area contributed by atoms with Crippen molar-refractivity contribution in [2.24, 2.45) is 5.92 Å². The van der Waals surface area contributed by atoms with Gasteiger partial charge in [0.2, 0.25) is 5.91 Å². The van der Waals surface area contributed by atoms with Gasteiger partial charge in [0, 0.05) is 11.4 Å². The third-order valence-electron chi connectivity index (χ3n) is 3.09. The van der Waals surface area contributed by atoms with E-state index < -0.39 is 6.04 Å². The molecule has 1 heterocycles. The summed E-state index contributed by atoms with van der Waals surface area (Å²) >= 11 is 1.59. The molecule has 0 aliphatic carbocycles. The first-order valence-electron chi connectivity index (χ1n) is 6.68. The zero-order valence-electron chi connectivity index (χ0n) is 12.8. The van der Waals surface area contributed by atoms with Crippen LogP contribution in [0, 0.1) is 12.8 Å². The Balaban J connectivity index is 2.49. The van der Waals surface area contributed by atoms with Crippen LogP contribution in [0.15, 0.2) is 5.51 Å². The fourth-order valence-corrected chi connectivity index (χ4v) is 2.84. The SMILES string of the molecule is CC(=O)C(NC(=O)CN(C)Cc1scnc1C)C(C)C. The molecule has 0 saturated carbocycles. The number of nitrogens with zero attached hydrogens (tertiary/aromatic N) is 2. The maximum Gasteiger partial charge on any atom is 0.234 e. The van der Waals surface area contributed by atoms with Gasteiger partial charge in [-0.25, -0.2) is 4.98 Å². The van der Waals surface area contributed by atoms with Crippen molar-refractivity contribution in [2.75, 3.05) is 13.6 Å². The highest BCUT2D eigenvalue weighted by Crippen LogP contribution is 2.13. The van der Waals surface area contributed by atoms with E-state index in [1.54, 1.807) is 11.3 Å². The van der Waals surface area contributed by atoms with Gasteiger partial charge in [-0.3, -0.25) is 14.5 Å². The van der Waals surface area contributed by atoms with E-state index in [0.29, 0.717) is 6.54 Å². The predicted octanol–water partition coefficient (Wildman–Crippen LogP) is 1.61. The molecule has 0 aliphatic rings. The minimum Gasteiger partial charge on any atom is -0.345 e. The fourth-order valence-electron chi connectivity index (χ4n) is 1.98. The van der Waals surface area contributed by atoms with Gasteiger partial charge in [-0.2, -0.15) is 0 Å². The van der Waals surface area contributed by atoms with E-state index in [2.05, 4.69) is 10.3 Å². The Morgan fingerprint density at radius 1 is 1.45 bits per heavy atom. The Morgan fingerprint density at radius 3 is 2.55 bits per heavy atom. The van der Waals surface area contributed by atoms with Crippen LogP contribution < -0.4 is 5.32 Å². The second kappa shape index (κ2) is 7.50. The Labute approximate surface area is 124 Å². The highest BCUT2D eigenvalue weighted by atomic mass is 32.1. The van der Waals surface area contributed by atoms with Crippen molar-refractivity contribution >= 4 is 23.0 Å². The molecule has 1 rings (SSSR count).